The number of rotatable bonds is 7. The van der Waals surface area contributed by atoms with Gasteiger partial charge < -0.3 is 13.8 Å². The first-order chi connectivity index (χ1) is 11.5. The summed E-state index contributed by atoms with van der Waals surface area (Å²) in [5.41, 5.74) is 0.956. The van der Waals surface area contributed by atoms with Crippen molar-refractivity contribution in [3.8, 4) is 0 Å². The van der Waals surface area contributed by atoms with Crippen LogP contribution >= 0.6 is 7.60 Å². The Balaban J connectivity index is 2.24. The molecule has 0 saturated heterocycles. The molecule has 24 heavy (non-hydrogen) atoms. The Labute approximate surface area is 139 Å². The van der Waals surface area contributed by atoms with Crippen LogP contribution in [-0.2, 0) is 24.8 Å². The molecule has 2 aromatic carbocycles. The van der Waals surface area contributed by atoms with Gasteiger partial charge in [0, 0.05) is 20.6 Å². The molecule has 5 nitrogen and oxygen atoms in total. The first kappa shape index (κ1) is 18.3. The first-order valence-electron chi connectivity index (χ1n) is 7.20. The molecule has 0 N–H and O–H groups in total. The van der Waals surface area contributed by atoms with Crippen molar-refractivity contribution in [3.63, 3.8) is 0 Å². The molecule has 2 rings (SSSR count). The zero-order chi connectivity index (χ0) is 17.6. The topological polar surface area (TPSA) is 61.8 Å². The second-order valence-corrected chi connectivity index (χ2v) is 7.35. The summed E-state index contributed by atoms with van der Waals surface area (Å²) in [7, 11) is -1.24. The quantitative estimate of drug-likeness (QED) is 0.556. The summed E-state index contributed by atoms with van der Waals surface area (Å²) in [6, 6.07) is 13.9. The summed E-state index contributed by atoms with van der Waals surface area (Å²) in [6.45, 7) is 0. The van der Waals surface area contributed by atoms with Gasteiger partial charge in [-0.25, -0.2) is 9.18 Å². The van der Waals surface area contributed by atoms with Gasteiger partial charge in [0.05, 0.1) is 5.56 Å². The molecule has 0 heterocycles. The van der Waals surface area contributed by atoms with E-state index < -0.39 is 25.2 Å². The smallest absolute Gasteiger partial charge is 0.370 e. The molecule has 0 aliphatic heterocycles. The van der Waals surface area contributed by atoms with Crippen LogP contribution in [-0.4, -0.2) is 26.0 Å². The minimum absolute atomic E-state index is 0.0673. The van der Waals surface area contributed by atoms with E-state index in [1.807, 2.05) is 0 Å². The monoisotopic (exact) mass is 352 g/mol. The summed E-state index contributed by atoms with van der Waals surface area (Å²) in [6.07, 6.45) is 0.0673. The molecule has 0 saturated carbocycles. The Bertz CT molecular complexity index is 710. The number of hydrogen-bond donors (Lipinski definition) is 0. The molecule has 0 aromatic heterocycles. The van der Waals surface area contributed by atoms with Crippen LogP contribution in [0.5, 0.6) is 0 Å². The summed E-state index contributed by atoms with van der Waals surface area (Å²) < 4.78 is 41.0. The van der Waals surface area contributed by atoms with Gasteiger partial charge in [0.2, 0.25) is 5.85 Å². The molecule has 0 aliphatic rings. The van der Waals surface area contributed by atoms with E-state index in [0.717, 1.165) is 0 Å². The highest BCUT2D eigenvalue weighted by Crippen LogP contribution is 2.53. The third-order valence-corrected chi connectivity index (χ3v) is 5.45. The zero-order valence-electron chi connectivity index (χ0n) is 13.3. The standard InChI is InChI=1S/C17H18FO5P/c1-21-24(20,22-2)16(12-13-8-10-15(18)11-9-13)23-17(19)14-6-4-3-5-7-14/h3-11,16H,12H2,1-2H3. The fraction of sp³-hybridized carbons (Fsp3) is 0.235. The fourth-order valence-corrected chi connectivity index (χ4v) is 3.39. The van der Waals surface area contributed by atoms with Crippen LogP contribution in [0, 0.1) is 5.82 Å². The van der Waals surface area contributed by atoms with Crippen molar-refractivity contribution in [3.05, 3.63) is 71.5 Å². The molecule has 7 heteroatoms. The Morgan fingerprint density at radius 1 is 1.04 bits per heavy atom. The van der Waals surface area contributed by atoms with E-state index in [1.165, 1.54) is 38.5 Å². The van der Waals surface area contributed by atoms with Crippen molar-refractivity contribution in [2.45, 2.75) is 12.3 Å². The lowest BCUT2D eigenvalue weighted by atomic mass is 10.1. The third-order valence-electron chi connectivity index (χ3n) is 3.44. The van der Waals surface area contributed by atoms with Gasteiger partial charge in [-0.15, -0.1) is 0 Å². The highest BCUT2D eigenvalue weighted by molar-refractivity contribution is 7.54. The van der Waals surface area contributed by atoms with E-state index in [4.69, 9.17) is 13.8 Å². The van der Waals surface area contributed by atoms with Crippen LogP contribution in [0.15, 0.2) is 54.6 Å². The van der Waals surface area contributed by atoms with Gasteiger partial charge in [-0.1, -0.05) is 30.3 Å². The van der Waals surface area contributed by atoms with Crippen LogP contribution in [0.2, 0.25) is 0 Å². The fourth-order valence-electron chi connectivity index (χ4n) is 2.12. The number of carbonyl (C=O) groups is 1. The average Bonchev–Trinajstić information content (AvgIpc) is 2.63. The Kier molecular flexibility index (Phi) is 6.26. The summed E-state index contributed by atoms with van der Waals surface area (Å²) >= 11 is 0. The van der Waals surface area contributed by atoms with E-state index >= 15 is 0 Å². The van der Waals surface area contributed by atoms with Gasteiger partial charge in [-0.05, 0) is 29.8 Å². The Hall–Kier alpha value is -2.01. The normalized spacial score (nSPS) is 12.6. The van der Waals surface area contributed by atoms with Crippen LogP contribution in [0.25, 0.3) is 0 Å². The number of benzene rings is 2. The lowest BCUT2D eigenvalue weighted by molar-refractivity contribution is 0.0385. The third kappa shape index (κ3) is 4.51. The highest BCUT2D eigenvalue weighted by atomic mass is 31.2. The molecule has 0 aliphatic carbocycles. The summed E-state index contributed by atoms with van der Waals surface area (Å²) in [5, 5.41) is 0. The number of halogens is 1. The number of ether oxygens (including phenoxy) is 1. The van der Waals surface area contributed by atoms with Gasteiger partial charge >= 0.3 is 13.6 Å². The highest BCUT2D eigenvalue weighted by Gasteiger charge is 2.37. The van der Waals surface area contributed by atoms with E-state index in [-0.39, 0.29) is 6.42 Å². The number of carbonyl (C=O) groups excluding carboxylic acids is 1. The van der Waals surface area contributed by atoms with Crippen LogP contribution in [0.4, 0.5) is 4.39 Å². The maximum atomic E-state index is 13.0. The summed E-state index contributed by atoms with van der Waals surface area (Å²) in [5.74, 6) is -2.18. The molecule has 0 fully saturated rings. The average molecular weight is 352 g/mol. The minimum atomic E-state index is -3.68. The predicted molar refractivity (Wildman–Crippen MR) is 87.4 cm³/mol. The van der Waals surface area contributed by atoms with Crippen molar-refractivity contribution in [2.24, 2.45) is 0 Å². The van der Waals surface area contributed by atoms with E-state index in [0.29, 0.717) is 11.1 Å². The van der Waals surface area contributed by atoms with Crippen molar-refractivity contribution >= 4 is 13.6 Å². The molecular weight excluding hydrogens is 334 g/mol. The maximum Gasteiger partial charge on any atom is 0.370 e. The molecule has 0 spiro atoms. The number of hydrogen-bond acceptors (Lipinski definition) is 5. The first-order valence-corrected chi connectivity index (χ1v) is 8.81. The molecule has 1 atom stereocenters. The van der Waals surface area contributed by atoms with Crippen molar-refractivity contribution in [1.82, 2.24) is 0 Å². The zero-order valence-corrected chi connectivity index (χ0v) is 14.2. The molecule has 2 aromatic rings. The lowest BCUT2D eigenvalue weighted by Gasteiger charge is -2.24. The minimum Gasteiger partial charge on any atom is -0.445 e. The van der Waals surface area contributed by atoms with Crippen molar-refractivity contribution in [2.75, 3.05) is 14.2 Å². The van der Waals surface area contributed by atoms with Gasteiger partial charge in [0.1, 0.15) is 5.82 Å². The molecule has 0 radical (unpaired) electrons. The molecule has 0 bridgehead atoms. The molecule has 0 amide bonds. The second-order valence-electron chi connectivity index (χ2n) is 4.96. The second kappa shape index (κ2) is 8.20. The van der Waals surface area contributed by atoms with Crippen molar-refractivity contribution in [1.29, 1.82) is 0 Å². The maximum absolute atomic E-state index is 13.0. The SMILES string of the molecule is COP(=O)(OC)C(Cc1ccc(F)cc1)OC(=O)c1ccccc1. The molecule has 128 valence electrons. The largest absolute Gasteiger partial charge is 0.445 e. The van der Waals surface area contributed by atoms with E-state index in [9.17, 15) is 13.8 Å². The van der Waals surface area contributed by atoms with E-state index in [1.54, 1.807) is 30.3 Å². The summed E-state index contributed by atoms with van der Waals surface area (Å²) in [4.78, 5) is 12.3. The van der Waals surface area contributed by atoms with E-state index in [2.05, 4.69) is 0 Å². The van der Waals surface area contributed by atoms with Crippen LogP contribution < -0.4 is 0 Å². The van der Waals surface area contributed by atoms with Gasteiger partial charge in [0.25, 0.3) is 0 Å². The van der Waals surface area contributed by atoms with Gasteiger partial charge in [0.15, 0.2) is 0 Å². The Morgan fingerprint density at radius 3 is 2.17 bits per heavy atom. The van der Waals surface area contributed by atoms with Crippen LogP contribution in [0.3, 0.4) is 0 Å². The molecule has 1 unspecified atom stereocenters. The van der Waals surface area contributed by atoms with Gasteiger partial charge in [-0.3, -0.25) is 4.57 Å². The van der Waals surface area contributed by atoms with Gasteiger partial charge in [-0.2, -0.15) is 0 Å². The number of esters is 1. The van der Waals surface area contributed by atoms with Crippen molar-refractivity contribution < 1.29 is 27.5 Å². The Morgan fingerprint density at radius 2 is 1.62 bits per heavy atom. The molecular formula is C17H18FO5P. The predicted octanol–water partition coefficient (Wildman–Crippen LogP) is 4.04. The lowest BCUT2D eigenvalue weighted by Crippen LogP contribution is -2.22. The van der Waals surface area contributed by atoms with Crippen LogP contribution in [0.1, 0.15) is 15.9 Å².